The molecule has 3 N–H and O–H groups in total. The summed E-state index contributed by atoms with van der Waals surface area (Å²) < 4.78 is 5.41. The monoisotopic (exact) mass is 228 g/mol. The van der Waals surface area contributed by atoms with E-state index in [1.807, 2.05) is 0 Å². The Morgan fingerprint density at radius 2 is 2.31 bits per heavy atom. The van der Waals surface area contributed by atoms with Crippen LogP contribution < -0.4 is 10.6 Å². The van der Waals surface area contributed by atoms with Gasteiger partial charge in [0.15, 0.2) is 0 Å². The van der Waals surface area contributed by atoms with E-state index in [1.165, 1.54) is 0 Å². The molecule has 0 bridgehead atoms. The molecule has 0 spiro atoms. The van der Waals surface area contributed by atoms with Crippen LogP contribution in [0.2, 0.25) is 0 Å². The standard InChI is InChI=1S/C11H20N2O3/c1-16-9-4-2-3-8(9)13-11(5-10(14)15)6-12-7-11/h8-9,12-13H,2-7H2,1H3,(H,14,15). The summed E-state index contributed by atoms with van der Waals surface area (Å²) in [6.45, 7) is 1.48. The van der Waals surface area contributed by atoms with Crippen molar-refractivity contribution in [1.29, 1.82) is 0 Å². The van der Waals surface area contributed by atoms with Gasteiger partial charge in [-0.15, -0.1) is 0 Å². The number of ether oxygens (including phenoxy) is 1. The zero-order valence-corrected chi connectivity index (χ0v) is 9.66. The second kappa shape index (κ2) is 4.69. The second-order valence-corrected chi connectivity index (χ2v) is 4.91. The van der Waals surface area contributed by atoms with Crippen molar-refractivity contribution in [3.63, 3.8) is 0 Å². The van der Waals surface area contributed by atoms with Crippen LogP contribution in [0.5, 0.6) is 0 Å². The highest BCUT2D eigenvalue weighted by Crippen LogP contribution is 2.26. The molecule has 1 aliphatic carbocycles. The van der Waals surface area contributed by atoms with Crippen LogP contribution in [0.25, 0.3) is 0 Å². The van der Waals surface area contributed by atoms with E-state index in [0.717, 1.165) is 32.4 Å². The highest BCUT2D eigenvalue weighted by Gasteiger charge is 2.42. The summed E-state index contributed by atoms with van der Waals surface area (Å²) in [7, 11) is 1.73. The van der Waals surface area contributed by atoms with Crippen molar-refractivity contribution in [2.75, 3.05) is 20.2 Å². The van der Waals surface area contributed by atoms with Crippen molar-refractivity contribution in [1.82, 2.24) is 10.6 Å². The van der Waals surface area contributed by atoms with Gasteiger partial charge in [-0.3, -0.25) is 4.79 Å². The van der Waals surface area contributed by atoms with E-state index in [4.69, 9.17) is 9.84 Å². The van der Waals surface area contributed by atoms with Gasteiger partial charge >= 0.3 is 5.97 Å². The lowest BCUT2D eigenvalue weighted by Gasteiger charge is -2.45. The lowest BCUT2D eigenvalue weighted by atomic mass is 9.87. The molecule has 5 nitrogen and oxygen atoms in total. The van der Waals surface area contributed by atoms with Crippen molar-refractivity contribution in [2.24, 2.45) is 0 Å². The van der Waals surface area contributed by atoms with E-state index in [-0.39, 0.29) is 18.1 Å². The number of hydrogen-bond donors (Lipinski definition) is 3. The van der Waals surface area contributed by atoms with Gasteiger partial charge in [0.25, 0.3) is 0 Å². The second-order valence-electron chi connectivity index (χ2n) is 4.91. The number of carboxylic acids is 1. The first-order valence-electron chi connectivity index (χ1n) is 5.88. The Balaban J connectivity index is 1.93. The molecule has 2 rings (SSSR count). The van der Waals surface area contributed by atoms with Gasteiger partial charge in [0.2, 0.25) is 0 Å². The maximum Gasteiger partial charge on any atom is 0.305 e. The Hall–Kier alpha value is -0.650. The zero-order chi connectivity index (χ0) is 11.6. The molecule has 1 saturated carbocycles. The van der Waals surface area contributed by atoms with E-state index in [0.29, 0.717) is 6.04 Å². The van der Waals surface area contributed by atoms with E-state index in [2.05, 4.69) is 10.6 Å². The molecule has 0 amide bonds. The van der Waals surface area contributed by atoms with Gasteiger partial charge in [0.05, 0.1) is 18.1 Å². The fourth-order valence-corrected chi connectivity index (χ4v) is 2.76. The van der Waals surface area contributed by atoms with Gasteiger partial charge in [-0.25, -0.2) is 0 Å². The van der Waals surface area contributed by atoms with Crippen LogP contribution in [0, 0.1) is 0 Å². The molecule has 2 fully saturated rings. The van der Waals surface area contributed by atoms with Gasteiger partial charge in [0.1, 0.15) is 0 Å². The largest absolute Gasteiger partial charge is 0.481 e. The molecule has 1 heterocycles. The zero-order valence-electron chi connectivity index (χ0n) is 9.66. The SMILES string of the molecule is COC1CCCC1NC1(CC(=O)O)CNC1. The van der Waals surface area contributed by atoms with Gasteiger partial charge in [0, 0.05) is 26.2 Å². The molecule has 2 aliphatic rings. The Morgan fingerprint density at radius 3 is 2.81 bits per heavy atom. The minimum Gasteiger partial charge on any atom is -0.481 e. The van der Waals surface area contributed by atoms with Crippen LogP contribution in [0.15, 0.2) is 0 Å². The van der Waals surface area contributed by atoms with Crippen molar-refractivity contribution in [3.8, 4) is 0 Å². The summed E-state index contributed by atoms with van der Waals surface area (Å²) >= 11 is 0. The van der Waals surface area contributed by atoms with Crippen LogP contribution >= 0.6 is 0 Å². The van der Waals surface area contributed by atoms with Gasteiger partial charge in [-0.1, -0.05) is 0 Å². The van der Waals surface area contributed by atoms with Crippen molar-refractivity contribution >= 4 is 5.97 Å². The third-order valence-corrected chi connectivity index (χ3v) is 3.66. The lowest BCUT2D eigenvalue weighted by molar-refractivity contribution is -0.139. The highest BCUT2D eigenvalue weighted by atomic mass is 16.5. The molecule has 0 aromatic carbocycles. The summed E-state index contributed by atoms with van der Waals surface area (Å²) in [5.74, 6) is -0.735. The molecular weight excluding hydrogens is 208 g/mol. The first-order valence-corrected chi connectivity index (χ1v) is 5.88. The molecule has 92 valence electrons. The van der Waals surface area contributed by atoms with Gasteiger partial charge in [-0.2, -0.15) is 0 Å². The van der Waals surface area contributed by atoms with Crippen molar-refractivity contribution < 1.29 is 14.6 Å². The normalized spacial score (nSPS) is 32.3. The number of aliphatic carboxylic acids is 1. The fourth-order valence-electron chi connectivity index (χ4n) is 2.76. The summed E-state index contributed by atoms with van der Waals surface area (Å²) in [5.41, 5.74) is -0.252. The Labute approximate surface area is 95.5 Å². The minimum absolute atomic E-state index is 0.187. The molecule has 5 heteroatoms. The summed E-state index contributed by atoms with van der Waals surface area (Å²) in [6, 6.07) is 0.312. The first kappa shape index (κ1) is 11.8. The number of carbonyl (C=O) groups is 1. The van der Waals surface area contributed by atoms with Gasteiger partial charge in [-0.05, 0) is 19.3 Å². The highest BCUT2D eigenvalue weighted by molar-refractivity contribution is 5.68. The van der Waals surface area contributed by atoms with E-state index in [1.54, 1.807) is 7.11 Å². The molecule has 1 saturated heterocycles. The van der Waals surface area contributed by atoms with Crippen LogP contribution in [0.3, 0.4) is 0 Å². The smallest absolute Gasteiger partial charge is 0.305 e. The molecule has 2 unspecified atom stereocenters. The minimum atomic E-state index is -0.735. The predicted molar refractivity (Wildman–Crippen MR) is 59.4 cm³/mol. The summed E-state index contributed by atoms with van der Waals surface area (Å²) in [5, 5.41) is 15.6. The number of carboxylic acid groups (broad SMARTS) is 1. The van der Waals surface area contributed by atoms with Crippen LogP contribution in [-0.2, 0) is 9.53 Å². The molecule has 2 atom stereocenters. The van der Waals surface area contributed by atoms with Gasteiger partial charge < -0.3 is 20.5 Å². The average molecular weight is 228 g/mol. The van der Waals surface area contributed by atoms with E-state index >= 15 is 0 Å². The number of rotatable bonds is 5. The third kappa shape index (κ3) is 2.36. The quantitative estimate of drug-likeness (QED) is 0.616. The number of hydrogen-bond acceptors (Lipinski definition) is 4. The predicted octanol–water partition coefficient (Wildman–Crippen LogP) is -0.0398. The van der Waals surface area contributed by atoms with E-state index in [9.17, 15) is 4.79 Å². The van der Waals surface area contributed by atoms with Crippen LogP contribution in [0.4, 0.5) is 0 Å². The first-order chi connectivity index (χ1) is 7.65. The maximum absolute atomic E-state index is 10.8. The molecule has 0 aromatic rings. The Morgan fingerprint density at radius 1 is 1.56 bits per heavy atom. The molecule has 1 aliphatic heterocycles. The molecule has 0 aromatic heterocycles. The number of nitrogens with one attached hydrogen (secondary N) is 2. The van der Waals surface area contributed by atoms with Crippen LogP contribution in [0.1, 0.15) is 25.7 Å². The maximum atomic E-state index is 10.8. The average Bonchev–Trinajstić information content (AvgIpc) is 2.61. The van der Waals surface area contributed by atoms with Crippen molar-refractivity contribution in [2.45, 2.75) is 43.4 Å². The molecular formula is C11H20N2O3. The fraction of sp³-hybridized carbons (Fsp3) is 0.909. The summed E-state index contributed by atoms with van der Waals surface area (Å²) in [4.78, 5) is 10.8. The summed E-state index contributed by atoms with van der Waals surface area (Å²) in [6.07, 6.45) is 3.75. The Kier molecular flexibility index (Phi) is 3.47. The van der Waals surface area contributed by atoms with Crippen molar-refractivity contribution in [3.05, 3.63) is 0 Å². The third-order valence-electron chi connectivity index (χ3n) is 3.66. The van der Waals surface area contributed by atoms with Crippen LogP contribution in [-0.4, -0.2) is 49.0 Å². The molecule has 0 radical (unpaired) electrons. The molecule has 16 heavy (non-hydrogen) atoms. The number of methoxy groups -OCH3 is 1. The topological polar surface area (TPSA) is 70.6 Å². The Bertz CT molecular complexity index is 266. The lowest BCUT2D eigenvalue weighted by Crippen LogP contribution is -2.71. The van der Waals surface area contributed by atoms with E-state index < -0.39 is 5.97 Å².